The standard InChI is InChI=1S/C7H3N3.C4H8O/c8-2-6-1-7(3-9)5-10-4-6;1-2-4-5-3-1/h1,4-5H;1-4H2. The fourth-order valence-corrected chi connectivity index (χ4v) is 1.07. The van der Waals surface area contributed by atoms with Crippen molar-refractivity contribution in [1.29, 1.82) is 10.5 Å². The van der Waals surface area contributed by atoms with E-state index in [1.54, 1.807) is 0 Å². The number of rotatable bonds is 0. The third-order valence-electron chi connectivity index (χ3n) is 1.82. The van der Waals surface area contributed by atoms with E-state index in [2.05, 4.69) is 4.98 Å². The zero-order valence-electron chi connectivity index (χ0n) is 8.31. The van der Waals surface area contributed by atoms with Crippen molar-refractivity contribution < 1.29 is 4.74 Å². The normalized spacial score (nSPS) is 13.2. The minimum Gasteiger partial charge on any atom is -0.381 e. The minimum atomic E-state index is 0.416. The first-order valence-corrected chi connectivity index (χ1v) is 4.70. The third-order valence-corrected chi connectivity index (χ3v) is 1.82. The van der Waals surface area contributed by atoms with Crippen LogP contribution in [0.4, 0.5) is 0 Å². The molecule has 0 amide bonds. The summed E-state index contributed by atoms with van der Waals surface area (Å²) in [6.07, 6.45) is 5.39. The molecule has 4 heteroatoms. The van der Waals surface area contributed by atoms with Gasteiger partial charge in [0.2, 0.25) is 0 Å². The summed E-state index contributed by atoms with van der Waals surface area (Å²) in [5, 5.41) is 16.7. The Morgan fingerprint density at radius 2 is 1.60 bits per heavy atom. The maximum absolute atomic E-state index is 8.36. The van der Waals surface area contributed by atoms with Crippen LogP contribution in [0.2, 0.25) is 0 Å². The summed E-state index contributed by atoms with van der Waals surface area (Å²) < 4.78 is 4.94. The molecule has 1 fully saturated rings. The van der Waals surface area contributed by atoms with Crippen LogP contribution in [-0.4, -0.2) is 18.2 Å². The molecule has 1 aliphatic rings. The molecule has 76 valence electrons. The van der Waals surface area contributed by atoms with Crippen molar-refractivity contribution in [1.82, 2.24) is 4.98 Å². The minimum absolute atomic E-state index is 0.416. The number of hydrogen-bond donors (Lipinski definition) is 0. The average molecular weight is 201 g/mol. The van der Waals surface area contributed by atoms with E-state index in [1.165, 1.54) is 31.3 Å². The highest BCUT2D eigenvalue weighted by Gasteiger charge is 1.94. The molecule has 0 atom stereocenters. The van der Waals surface area contributed by atoms with Crippen molar-refractivity contribution in [3.8, 4) is 12.1 Å². The van der Waals surface area contributed by atoms with Crippen LogP contribution in [0.15, 0.2) is 18.5 Å². The summed E-state index contributed by atoms with van der Waals surface area (Å²) in [4.78, 5) is 3.68. The van der Waals surface area contributed by atoms with Crippen molar-refractivity contribution in [3.63, 3.8) is 0 Å². The van der Waals surface area contributed by atoms with Crippen LogP contribution in [0.25, 0.3) is 0 Å². The molecule has 2 rings (SSSR count). The first-order chi connectivity index (χ1) is 7.36. The second-order valence-electron chi connectivity index (χ2n) is 3.01. The van der Waals surface area contributed by atoms with Gasteiger partial charge >= 0.3 is 0 Å². The Hall–Kier alpha value is -1.91. The highest BCUT2D eigenvalue weighted by molar-refractivity contribution is 5.34. The van der Waals surface area contributed by atoms with E-state index < -0.39 is 0 Å². The maximum atomic E-state index is 8.36. The molecule has 1 aliphatic heterocycles. The summed E-state index contributed by atoms with van der Waals surface area (Å²) in [5.41, 5.74) is 0.832. The van der Waals surface area contributed by atoms with E-state index in [1.807, 2.05) is 12.1 Å². The fraction of sp³-hybridized carbons (Fsp3) is 0.364. The smallest absolute Gasteiger partial charge is 0.101 e. The Kier molecular flexibility index (Phi) is 4.86. The van der Waals surface area contributed by atoms with Gasteiger partial charge in [-0.25, -0.2) is 0 Å². The lowest BCUT2D eigenvalue weighted by Gasteiger charge is -1.85. The molecule has 0 unspecified atom stereocenters. The van der Waals surface area contributed by atoms with Crippen LogP contribution >= 0.6 is 0 Å². The predicted molar refractivity (Wildman–Crippen MR) is 53.7 cm³/mol. The number of ether oxygens (including phenoxy) is 1. The largest absolute Gasteiger partial charge is 0.381 e. The SMILES string of the molecule is C1CCOC1.N#Cc1cncc(C#N)c1. The van der Waals surface area contributed by atoms with Gasteiger partial charge in [-0.15, -0.1) is 0 Å². The Labute approximate surface area is 88.7 Å². The molecule has 4 nitrogen and oxygen atoms in total. The number of nitriles is 2. The molecule has 0 bridgehead atoms. The summed E-state index contributed by atoms with van der Waals surface area (Å²) in [7, 11) is 0. The Balaban J connectivity index is 0.000000187. The molecule has 0 spiro atoms. The van der Waals surface area contributed by atoms with Crippen LogP contribution in [0.3, 0.4) is 0 Å². The maximum Gasteiger partial charge on any atom is 0.101 e. The van der Waals surface area contributed by atoms with Gasteiger partial charge in [0.15, 0.2) is 0 Å². The molecular formula is C11H11N3O. The summed E-state index contributed by atoms with van der Waals surface area (Å²) in [6, 6.07) is 5.27. The quantitative estimate of drug-likeness (QED) is 0.639. The van der Waals surface area contributed by atoms with Crippen molar-refractivity contribution in [3.05, 3.63) is 29.6 Å². The van der Waals surface area contributed by atoms with Crippen molar-refractivity contribution in [2.45, 2.75) is 12.8 Å². The zero-order valence-corrected chi connectivity index (χ0v) is 8.31. The highest BCUT2D eigenvalue weighted by atomic mass is 16.5. The molecule has 1 aromatic rings. The van der Waals surface area contributed by atoms with E-state index in [9.17, 15) is 0 Å². The first kappa shape index (κ1) is 11.2. The first-order valence-electron chi connectivity index (χ1n) is 4.70. The lowest BCUT2D eigenvalue weighted by atomic mass is 10.2. The van der Waals surface area contributed by atoms with Gasteiger partial charge in [0, 0.05) is 25.6 Å². The summed E-state index contributed by atoms with van der Waals surface area (Å²) in [6.45, 7) is 2.00. The Morgan fingerprint density at radius 3 is 1.93 bits per heavy atom. The lowest BCUT2D eigenvalue weighted by molar-refractivity contribution is 0.198. The van der Waals surface area contributed by atoms with Crippen molar-refractivity contribution >= 4 is 0 Å². The van der Waals surface area contributed by atoms with Gasteiger partial charge in [-0.1, -0.05) is 0 Å². The van der Waals surface area contributed by atoms with Gasteiger partial charge in [-0.05, 0) is 18.9 Å². The van der Waals surface area contributed by atoms with Gasteiger partial charge in [0.05, 0.1) is 11.1 Å². The molecule has 2 heterocycles. The van der Waals surface area contributed by atoms with E-state index in [4.69, 9.17) is 15.3 Å². The van der Waals surface area contributed by atoms with E-state index >= 15 is 0 Å². The Bertz CT molecular complexity index is 349. The molecule has 0 N–H and O–H groups in total. The number of aromatic nitrogens is 1. The van der Waals surface area contributed by atoms with Crippen LogP contribution in [0.1, 0.15) is 24.0 Å². The van der Waals surface area contributed by atoms with Gasteiger partial charge in [0.1, 0.15) is 12.1 Å². The summed E-state index contributed by atoms with van der Waals surface area (Å²) in [5.74, 6) is 0. The van der Waals surface area contributed by atoms with E-state index in [0.29, 0.717) is 11.1 Å². The van der Waals surface area contributed by atoms with Crippen LogP contribution in [0, 0.1) is 22.7 Å². The average Bonchev–Trinajstić information content (AvgIpc) is 2.88. The molecule has 1 saturated heterocycles. The number of hydrogen-bond acceptors (Lipinski definition) is 4. The van der Waals surface area contributed by atoms with Gasteiger partial charge < -0.3 is 4.74 Å². The van der Waals surface area contributed by atoms with Crippen molar-refractivity contribution in [2.24, 2.45) is 0 Å². The molecular weight excluding hydrogens is 190 g/mol. The van der Waals surface area contributed by atoms with Crippen LogP contribution in [-0.2, 0) is 4.74 Å². The number of pyridine rings is 1. The van der Waals surface area contributed by atoms with Crippen LogP contribution < -0.4 is 0 Å². The molecule has 0 aromatic carbocycles. The van der Waals surface area contributed by atoms with Crippen LogP contribution in [0.5, 0.6) is 0 Å². The number of nitrogens with zero attached hydrogens (tertiary/aromatic N) is 3. The molecule has 0 radical (unpaired) electrons. The third kappa shape index (κ3) is 4.21. The van der Waals surface area contributed by atoms with Gasteiger partial charge in [-0.2, -0.15) is 10.5 Å². The lowest BCUT2D eigenvalue weighted by Crippen LogP contribution is -1.80. The molecule has 0 saturated carbocycles. The van der Waals surface area contributed by atoms with E-state index in [0.717, 1.165) is 13.2 Å². The molecule has 1 aromatic heterocycles. The van der Waals surface area contributed by atoms with E-state index in [-0.39, 0.29) is 0 Å². The Morgan fingerprint density at radius 1 is 1.07 bits per heavy atom. The van der Waals surface area contributed by atoms with Gasteiger partial charge in [-0.3, -0.25) is 4.98 Å². The summed E-state index contributed by atoms with van der Waals surface area (Å²) >= 11 is 0. The second kappa shape index (κ2) is 6.53. The topological polar surface area (TPSA) is 69.7 Å². The molecule has 0 aliphatic carbocycles. The fourth-order valence-electron chi connectivity index (χ4n) is 1.07. The van der Waals surface area contributed by atoms with Gasteiger partial charge in [0.25, 0.3) is 0 Å². The second-order valence-corrected chi connectivity index (χ2v) is 3.01. The van der Waals surface area contributed by atoms with Crippen molar-refractivity contribution in [2.75, 3.05) is 13.2 Å². The highest BCUT2D eigenvalue weighted by Crippen LogP contribution is 1.98. The monoisotopic (exact) mass is 201 g/mol. The molecule has 15 heavy (non-hydrogen) atoms. The zero-order chi connectivity index (χ0) is 10.9. The predicted octanol–water partition coefficient (Wildman–Crippen LogP) is 1.62.